The number of hydrogen-bond acceptors (Lipinski definition) is 5. The molecule has 1 atom stereocenters. The van der Waals surface area contributed by atoms with Crippen LogP contribution in [-0.2, 0) is 10.0 Å². The molecule has 7 nitrogen and oxygen atoms in total. The lowest BCUT2D eigenvalue weighted by Crippen LogP contribution is -2.37. The van der Waals surface area contributed by atoms with Gasteiger partial charge < -0.3 is 14.8 Å². The van der Waals surface area contributed by atoms with E-state index in [1.54, 1.807) is 50.4 Å². The minimum atomic E-state index is -3.61. The van der Waals surface area contributed by atoms with Gasteiger partial charge in [0.05, 0.1) is 18.0 Å². The van der Waals surface area contributed by atoms with Crippen LogP contribution in [0.2, 0.25) is 0 Å². The Bertz CT molecular complexity index is 999. The van der Waals surface area contributed by atoms with Crippen LogP contribution in [0.25, 0.3) is 0 Å². The minimum absolute atomic E-state index is 0.198. The minimum Gasteiger partial charge on any atom is -0.497 e. The first-order valence-corrected chi connectivity index (χ1v) is 11.9. The summed E-state index contributed by atoms with van der Waals surface area (Å²) in [5.74, 6) is 1.08. The van der Waals surface area contributed by atoms with Crippen molar-refractivity contribution >= 4 is 15.9 Å². The Kier molecular flexibility index (Phi) is 7.56. The summed E-state index contributed by atoms with van der Waals surface area (Å²) in [6.07, 6.45) is 2.78. The van der Waals surface area contributed by atoms with E-state index in [-0.39, 0.29) is 23.5 Å². The zero-order valence-corrected chi connectivity index (χ0v) is 19.1. The second-order valence-corrected chi connectivity index (χ2v) is 9.71. The molecule has 0 spiro atoms. The zero-order chi connectivity index (χ0) is 22.4. The van der Waals surface area contributed by atoms with Gasteiger partial charge in [-0.25, -0.2) is 8.42 Å². The summed E-state index contributed by atoms with van der Waals surface area (Å²) in [5, 5.41) is 2.87. The Balaban J connectivity index is 1.65. The number of sulfonamides is 1. The SMILES string of the molecule is COc1ccc(OC[C@@H](C)NC(=O)c2ccc(C)c(S(=O)(=O)N3CCCCC3)c2)cc1. The molecule has 1 amide bonds. The summed E-state index contributed by atoms with van der Waals surface area (Å²) < 4.78 is 38.5. The molecule has 0 unspecified atom stereocenters. The largest absolute Gasteiger partial charge is 0.497 e. The number of carbonyl (C=O) groups excluding carboxylic acids is 1. The summed E-state index contributed by atoms with van der Waals surface area (Å²) in [6.45, 7) is 4.92. The molecule has 0 aliphatic carbocycles. The topological polar surface area (TPSA) is 84.9 Å². The van der Waals surface area contributed by atoms with Gasteiger partial charge in [-0.15, -0.1) is 0 Å². The van der Waals surface area contributed by atoms with Gasteiger partial charge in [0.15, 0.2) is 0 Å². The fourth-order valence-electron chi connectivity index (χ4n) is 3.51. The highest BCUT2D eigenvalue weighted by atomic mass is 32.2. The maximum atomic E-state index is 13.1. The lowest BCUT2D eigenvalue weighted by atomic mass is 10.1. The molecule has 0 radical (unpaired) electrons. The number of methoxy groups -OCH3 is 1. The summed E-state index contributed by atoms with van der Waals surface area (Å²) >= 11 is 0. The van der Waals surface area contributed by atoms with Crippen LogP contribution in [0.15, 0.2) is 47.4 Å². The monoisotopic (exact) mass is 446 g/mol. The van der Waals surface area contributed by atoms with Gasteiger partial charge in [-0.3, -0.25) is 4.79 Å². The number of aryl methyl sites for hydroxylation is 1. The number of benzene rings is 2. The summed E-state index contributed by atoms with van der Waals surface area (Å²) in [7, 11) is -2.01. The van der Waals surface area contributed by atoms with Crippen molar-refractivity contribution in [2.75, 3.05) is 26.8 Å². The van der Waals surface area contributed by atoms with Crippen LogP contribution < -0.4 is 14.8 Å². The van der Waals surface area contributed by atoms with Gasteiger partial charge in [0.25, 0.3) is 5.91 Å². The van der Waals surface area contributed by atoms with Crippen molar-refractivity contribution in [3.05, 3.63) is 53.6 Å². The first-order valence-electron chi connectivity index (χ1n) is 10.5. The van der Waals surface area contributed by atoms with Crippen molar-refractivity contribution in [2.45, 2.75) is 44.0 Å². The third-order valence-electron chi connectivity index (χ3n) is 5.32. The van der Waals surface area contributed by atoms with E-state index in [0.29, 0.717) is 30.0 Å². The van der Waals surface area contributed by atoms with Gasteiger partial charge in [-0.05, 0) is 68.7 Å². The highest BCUT2D eigenvalue weighted by Gasteiger charge is 2.28. The molecule has 3 rings (SSSR count). The van der Waals surface area contributed by atoms with Gasteiger partial charge >= 0.3 is 0 Å². The molecular weight excluding hydrogens is 416 g/mol. The molecular formula is C23H30N2O5S. The van der Waals surface area contributed by atoms with E-state index in [4.69, 9.17) is 9.47 Å². The summed E-state index contributed by atoms with van der Waals surface area (Å²) in [4.78, 5) is 12.9. The normalized spacial score (nSPS) is 15.8. The molecule has 0 bridgehead atoms. The lowest BCUT2D eigenvalue weighted by molar-refractivity contribution is 0.0926. The molecule has 0 aromatic heterocycles. The number of amides is 1. The molecule has 8 heteroatoms. The maximum absolute atomic E-state index is 13.1. The fraction of sp³-hybridized carbons (Fsp3) is 0.435. The highest BCUT2D eigenvalue weighted by Crippen LogP contribution is 2.24. The Morgan fingerprint density at radius 2 is 1.71 bits per heavy atom. The lowest BCUT2D eigenvalue weighted by Gasteiger charge is -2.26. The van der Waals surface area contributed by atoms with Crippen molar-refractivity contribution in [1.82, 2.24) is 9.62 Å². The Labute approximate surface area is 184 Å². The number of piperidine rings is 1. The highest BCUT2D eigenvalue weighted by molar-refractivity contribution is 7.89. The first-order chi connectivity index (χ1) is 14.8. The van der Waals surface area contributed by atoms with Crippen molar-refractivity contribution < 1.29 is 22.7 Å². The van der Waals surface area contributed by atoms with Crippen LogP contribution in [0.5, 0.6) is 11.5 Å². The molecule has 1 fully saturated rings. The van der Waals surface area contributed by atoms with Gasteiger partial charge in [0, 0.05) is 18.7 Å². The average molecular weight is 447 g/mol. The van der Waals surface area contributed by atoms with E-state index in [9.17, 15) is 13.2 Å². The molecule has 0 saturated carbocycles. The smallest absolute Gasteiger partial charge is 0.251 e. The van der Waals surface area contributed by atoms with Crippen LogP contribution in [0, 0.1) is 6.92 Å². The molecule has 31 heavy (non-hydrogen) atoms. The van der Waals surface area contributed by atoms with Crippen LogP contribution in [-0.4, -0.2) is 51.5 Å². The number of nitrogens with one attached hydrogen (secondary N) is 1. The number of carbonyl (C=O) groups is 1. The summed E-state index contributed by atoms with van der Waals surface area (Å²) in [5.41, 5.74) is 0.954. The molecule has 1 heterocycles. The van der Waals surface area contributed by atoms with Crippen LogP contribution in [0.3, 0.4) is 0 Å². The molecule has 2 aromatic rings. The predicted octanol–water partition coefficient (Wildman–Crippen LogP) is 3.38. The third kappa shape index (κ3) is 5.77. The average Bonchev–Trinajstić information content (AvgIpc) is 2.78. The van der Waals surface area contributed by atoms with E-state index in [1.807, 2.05) is 6.92 Å². The first kappa shape index (κ1) is 23.1. The Morgan fingerprint density at radius 1 is 1.06 bits per heavy atom. The van der Waals surface area contributed by atoms with Crippen LogP contribution in [0.1, 0.15) is 42.1 Å². The number of rotatable bonds is 8. The van der Waals surface area contributed by atoms with E-state index in [2.05, 4.69) is 5.32 Å². The van der Waals surface area contributed by atoms with Crippen molar-refractivity contribution in [2.24, 2.45) is 0 Å². The molecule has 1 aliphatic rings. The Hall–Kier alpha value is -2.58. The number of nitrogens with zero attached hydrogens (tertiary/aromatic N) is 1. The van der Waals surface area contributed by atoms with Crippen molar-refractivity contribution in [3.63, 3.8) is 0 Å². The Morgan fingerprint density at radius 3 is 2.35 bits per heavy atom. The van der Waals surface area contributed by atoms with E-state index < -0.39 is 10.0 Å². The van der Waals surface area contributed by atoms with Gasteiger partial charge in [0.1, 0.15) is 18.1 Å². The molecule has 168 valence electrons. The molecule has 1 aliphatic heterocycles. The van der Waals surface area contributed by atoms with Gasteiger partial charge in [0.2, 0.25) is 10.0 Å². The standard InChI is InChI=1S/C23H30N2O5S/c1-17-7-8-19(15-22(17)31(27,28)25-13-5-4-6-14-25)23(26)24-18(2)16-30-21-11-9-20(29-3)10-12-21/h7-12,15,18H,4-6,13-14,16H2,1-3H3,(H,24,26)/t18-/m1/s1. The maximum Gasteiger partial charge on any atom is 0.251 e. The molecule has 1 saturated heterocycles. The zero-order valence-electron chi connectivity index (χ0n) is 18.3. The van der Waals surface area contributed by atoms with Gasteiger partial charge in [-0.1, -0.05) is 12.5 Å². The predicted molar refractivity (Wildman–Crippen MR) is 119 cm³/mol. The quantitative estimate of drug-likeness (QED) is 0.672. The molecule has 1 N–H and O–H groups in total. The van der Waals surface area contributed by atoms with Crippen LogP contribution >= 0.6 is 0 Å². The van der Waals surface area contributed by atoms with Crippen molar-refractivity contribution in [3.8, 4) is 11.5 Å². The summed E-state index contributed by atoms with van der Waals surface area (Å²) in [6, 6.07) is 11.7. The van der Waals surface area contributed by atoms with Crippen molar-refractivity contribution in [1.29, 1.82) is 0 Å². The number of ether oxygens (including phenoxy) is 2. The van der Waals surface area contributed by atoms with E-state index in [1.165, 1.54) is 10.4 Å². The second-order valence-electron chi connectivity index (χ2n) is 7.81. The molecule has 2 aromatic carbocycles. The number of hydrogen-bond donors (Lipinski definition) is 1. The fourth-order valence-corrected chi connectivity index (χ4v) is 5.27. The second kappa shape index (κ2) is 10.2. The van der Waals surface area contributed by atoms with E-state index in [0.717, 1.165) is 25.0 Å². The third-order valence-corrected chi connectivity index (χ3v) is 7.36. The van der Waals surface area contributed by atoms with Crippen LogP contribution in [0.4, 0.5) is 0 Å². The van der Waals surface area contributed by atoms with Gasteiger partial charge in [-0.2, -0.15) is 4.31 Å². The van der Waals surface area contributed by atoms with E-state index >= 15 is 0 Å².